The molecule has 0 atom stereocenters. The van der Waals surface area contributed by atoms with Crippen molar-refractivity contribution in [2.45, 2.75) is 19.3 Å². The van der Waals surface area contributed by atoms with Gasteiger partial charge in [-0.2, -0.15) is 10.4 Å². The highest BCUT2D eigenvalue weighted by atomic mass is 16.5. The molecule has 5 nitrogen and oxygen atoms in total. The first-order valence-corrected chi connectivity index (χ1v) is 6.88. The quantitative estimate of drug-likeness (QED) is 0.790. The number of carbonyl (C=O) groups is 1. The number of hydrogen-bond acceptors (Lipinski definition) is 4. The average molecular weight is 281 g/mol. The van der Waals surface area contributed by atoms with E-state index in [4.69, 9.17) is 10.00 Å². The van der Waals surface area contributed by atoms with Crippen molar-refractivity contribution in [2.75, 3.05) is 6.61 Å². The van der Waals surface area contributed by atoms with E-state index >= 15 is 0 Å². The molecule has 1 heterocycles. The van der Waals surface area contributed by atoms with Crippen LogP contribution in [0, 0.1) is 16.7 Å². The molecular formula is C16H15N3O2. The van der Waals surface area contributed by atoms with Crippen LogP contribution in [0.5, 0.6) is 0 Å². The summed E-state index contributed by atoms with van der Waals surface area (Å²) in [5.41, 5.74) is 1.07. The van der Waals surface area contributed by atoms with Crippen LogP contribution in [-0.4, -0.2) is 22.4 Å². The zero-order valence-corrected chi connectivity index (χ0v) is 11.5. The van der Waals surface area contributed by atoms with Gasteiger partial charge in [-0.05, 0) is 31.0 Å². The number of hydrogen-bond donors (Lipinski definition) is 0. The third-order valence-electron chi connectivity index (χ3n) is 3.74. The van der Waals surface area contributed by atoms with Crippen molar-refractivity contribution >= 4 is 5.97 Å². The van der Waals surface area contributed by atoms with E-state index in [1.54, 1.807) is 16.9 Å². The van der Waals surface area contributed by atoms with E-state index in [0.717, 1.165) is 18.5 Å². The number of para-hydroxylation sites is 1. The lowest BCUT2D eigenvalue weighted by Gasteiger charge is -2.10. The van der Waals surface area contributed by atoms with Crippen molar-refractivity contribution in [3.8, 4) is 11.8 Å². The number of benzene rings is 1. The number of ether oxygens (including phenoxy) is 1. The van der Waals surface area contributed by atoms with Crippen molar-refractivity contribution < 1.29 is 9.53 Å². The van der Waals surface area contributed by atoms with Crippen molar-refractivity contribution in [1.29, 1.82) is 5.26 Å². The highest BCUT2D eigenvalue weighted by Gasteiger charge is 2.43. The standard InChI is InChI=1S/C16H15N3O2/c17-10-9-16(7-8-16)12-21-15(20)14-6-11-19(18-14)13-4-2-1-3-5-13/h1-6,11H,7-9,12H2. The van der Waals surface area contributed by atoms with Crippen LogP contribution < -0.4 is 0 Å². The minimum atomic E-state index is -0.436. The Labute approximate surface area is 122 Å². The first kappa shape index (κ1) is 13.4. The van der Waals surface area contributed by atoms with E-state index in [2.05, 4.69) is 11.2 Å². The molecule has 0 bridgehead atoms. The zero-order valence-electron chi connectivity index (χ0n) is 11.5. The molecule has 0 radical (unpaired) electrons. The molecule has 3 rings (SSSR count). The Morgan fingerprint density at radius 2 is 2.10 bits per heavy atom. The van der Waals surface area contributed by atoms with E-state index < -0.39 is 5.97 Å². The van der Waals surface area contributed by atoms with Crippen molar-refractivity contribution in [1.82, 2.24) is 9.78 Å². The number of rotatable bonds is 5. The number of nitriles is 1. The summed E-state index contributed by atoms with van der Waals surface area (Å²) in [5.74, 6) is -0.436. The molecule has 0 aliphatic heterocycles. The number of nitrogens with zero attached hydrogens (tertiary/aromatic N) is 3. The predicted octanol–water partition coefficient (Wildman–Crippen LogP) is 2.72. The van der Waals surface area contributed by atoms with Crippen molar-refractivity contribution in [2.24, 2.45) is 5.41 Å². The Balaban J connectivity index is 1.64. The fraction of sp³-hybridized carbons (Fsp3) is 0.312. The molecule has 1 aliphatic carbocycles. The molecule has 1 aliphatic rings. The molecule has 1 aromatic carbocycles. The molecule has 1 saturated carbocycles. The lowest BCUT2D eigenvalue weighted by Crippen LogP contribution is -2.15. The van der Waals surface area contributed by atoms with Crippen LogP contribution in [0.25, 0.3) is 5.69 Å². The molecule has 5 heteroatoms. The Hall–Kier alpha value is -2.61. The monoisotopic (exact) mass is 281 g/mol. The lowest BCUT2D eigenvalue weighted by atomic mass is 10.1. The summed E-state index contributed by atoms with van der Waals surface area (Å²) in [6.45, 7) is 0.303. The maximum absolute atomic E-state index is 12.0. The SMILES string of the molecule is N#CCC1(COC(=O)c2ccn(-c3ccccc3)n2)CC1. The maximum Gasteiger partial charge on any atom is 0.358 e. The van der Waals surface area contributed by atoms with Crippen LogP contribution >= 0.6 is 0 Å². The minimum absolute atomic E-state index is 0.105. The molecule has 2 aromatic rings. The number of aromatic nitrogens is 2. The molecular weight excluding hydrogens is 266 g/mol. The summed E-state index contributed by atoms with van der Waals surface area (Å²) in [4.78, 5) is 12.0. The number of carbonyl (C=O) groups excluding carboxylic acids is 1. The van der Waals surface area contributed by atoms with Gasteiger partial charge < -0.3 is 4.74 Å². The first-order chi connectivity index (χ1) is 10.2. The number of esters is 1. The van der Waals surface area contributed by atoms with Gasteiger partial charge in [0, 0.05) is 18.0 Å². The van der Waals surface area contributed by atoms with E-state index in [9.17, 15) is 4.79 Å². The third-order valence-corrected chi connectivity index (χ3v) is 3.74. The van der Waals surface area contributed by atoms with Crippen LogP contribution in [0.15, 0.2) is 42.6 Å². The van der Waals surface area contributed by atoms with Crippen LogP contribution in [-0.2, 0) is 4.74 Å². The Morgan fingerprint density at radius 1 is 1.33 bits per heavy atom. The molecule has 21 heavy (non-hydrogen) atoms. The second kappa shape index (κ2) is 5.41. The van der Waals surface area contributed by atoms with E-state index in [0.29, 0.717) is 13.0 Å². The molecule has 106 valence electrons. The van der Waals surface area contributed by atoms with Gasteiger partial charge in [0.2, 0.25) is 0 Å². The van der Waals surface area contributed by atoms with Gasteiger partial charge in [0.1, 0.15) is 0 Å². The van der Waals surface area contributed by atoms with Gasteiger partial charge in [0.15, 0.2) is 5.69 Å². The smallest absolute Gasteiger partial charge is 0.358 e. The van der Waals surface area contributed by atoms with Gasteiger partial charge in [-0.1, -0.05) is 18.2 Å². The van der Waals surface area contributed by atoms with Crippen LogP contribution in [0.3, 0.4) is 0 Å². The molecule has 0 amide bonds. The van der Waals surface area contributed by atoms with Gasteiger partial charge in [0.25, 0.3) is 0 Å². The molecule has 1 fully saturated rings. The topological polar surface area (TPSA) is 67.9 Å². The maximum atomic E-state index is 12.0. The highest BCUT2D eigenvalue weighted by molar-refractivity contribution is 5.87. The van der Waals surface area contributed by atoms with Gasteiger partial charge >= 0.3 is 5.97 Å². The molecule has 0 unspecified atom stereocenters. The Morgan fingerprint density at radius 3 is 2.76 bits per heavy atom. The minimum Gasteiger partial charge on any atom is -0.460 e. The molecule has 0 N–H and O–H groups in total. The lowest BCUT2D eigenvalue weighted by molar-refractivity contribution is 0.0412. The van der Waals surface area contributed by atoms with E-state index in [-0.39, 0.29) is 11.1 Å². The van der Waals surface area contributed by atoms with Crippen LogP contribution in [0.2, 0.25) is 0 Å². The normalized spacial score (nSPS) is 15.2. The summed E-state index contributed by atoms with van der Waals surface area (Å²) in [7, 11) is 0. The zero-order chi connectivity index (χ0) is 14.7. The van der Waals surface area contributed by atoms with Crippen molar-refractivity contribution in [3.63, 3.8) is 0 Å². The fourth-order valence-corrected chi connectivity index (χ4v) is 2.17. The van der Waals surface area contributed by atoms with Gasteiger partial charge in [-0.15, -0.1) is 0 Å². The summed E-state index contributed by atoms with van der Waals surface area (Å²) in [6.07, 6.45) is 4.07. The third kappa shape index (κ3) is 2.95. The first-order valence-electron chi connectivity index (χ1n) is 6.88. The summed E-state index contributed by atoms with van der Waals surface area (Å²) in [6, 6.07) is 13.4. The molecule has 0 spiro atoms. The Bertz CT molecular complexity index is 681. The predicted molar refractivity (Wildman–Crippen MR) is 75.7 cm³/mol. The molecule has 0 saturated heterocycles. The average Bonchev–Trinajstić information content (AvgIpc) is 3.10. The summed E-state index contributed by atoms with van der Waals surface area (Å²) >= 11 is 0. The second-order valence-electron chi connectivity index (χ2n) is 5.39. The Kier molecular flexibility index (Phi) is 3.44. The van der Waals surface area contributed by atoms with Crippen molar-refractivity contribution in [3.05, 3.63) is 48.3 Å². The summed E-state index contributed by atoms with van der Waals surface area (Å²) < 4.78 is 6.93. The van der Waals surface area contributed by atoms with Crippen LogP contribution in [0.1, 0.15) is 29.8 Å². The van der Waals surface area contributed by atoms with E-state index in [1.807, 2.05) is 30.3 Å². The largest absolute Gasteiger partial charge is 0.460 e. The highest BCUT2D eigenvalue weighted by Crippen LogP contribution is 2.48. The van der Waals surface area contributed by atoms with E-state index in [1.165, 1.54) is 0 Å². The molecule has 1 aromatic heterocycles. The second-order valence-corrected chi connectivity index (χ2v) is 5.39. The van der Waals surface area contributed by atoms with Gasteiger partial charge in [-0.25, -0.2) is 9.48 Å². The summed E-state index contributed by atoms with van der Waals surface area (Å²) in [5, 5.41) is 13.0. The van der Waals surface area contributed by atoms with Gasteiger partial charge in [-0.3, -0.25) is 0 Å². The van der Waals surface area contributed by atoms with Gasteiger partial charge in [0.05, 0.1) is 18.4 Å². The fourth-order valence-electron chi connectivity index (χ4n) is 2.17. The van der Waals surface area contributed by atoms with Crippen LogP contribution in [0.4, 0.5) is 0 Å².